The molecule has 1 saturated carbocycles. The lowest BCUT2D eigenvalue weighted by Gasteiger charge is -2.35. The predicted molar refractivity (Wildman–Crippen MR) is 117 cm³/mol. The molecule has 0 amide bonds. The van der Waals surface area contributed by atoms with E-state index in [9.17, 15) is 0 Å². The van der Waals surface area contributed by atoms with Crippen molar-refractivity contribution < 1.29 is 0 Å². The molecule has 2 saturated heterocycles. The summed E-state index contributed by atoms with van der Waals surface area (Å²) in [6.07, 6.45) is 6.75. The van der Waals surface area contributed by atoms with Crippen LogP contribution < -0.4 is 10.3 Å². The molecule has 3 aliphatic rings. The molecule has 3 fully saturated rings. The van der Waals surface area contributed by atoms with Gasteiger partial charge in [-0.3, -0.25) is 10.3 Å². The Morgan fingerprint density at radius 3 is 2.21 bits per heavy atom. The molecule has 1 aliphatic carbocycles. The molecule has 5 rings (SSSR count). The molecule has 1 aromatic heterocycles. The number of nitrogens with one attached hydrogen (secondary N) is 1. The third-order valence-electron chi connectivity index (χ3n) is 6.46. The Hall–Kier alpha value is -2.02. The van der Waals surface area contributed by atoms with Crippen LogP contribution in [0.25, 0.3) is 11.3 Å². The number of aromatic nitrogens is 2. The first-order valence-electron chi connectivity index (χ1n) is 11.3. The highest BCUT2D eigenvalue weighted by Crippen LogP contribution is 2.28. The summed E-state index contributed by atoms with van der Waals surface area (Å²) in [6.45, 7) is 7.64. The van der Waals surface area contributed by atoms with E-state index < -0.39 is 0 Å². The summed E-state index contributed by atoms with van der Waals surface area (Å²) in [6, 6.07) is 13.8. The van der Waals surface area contributed by atoms with Crippen LogP contribution in [0.5, 0.6) is 0 Å². The van der Waals surface area contributed by atoms with Crippen LogP contribution in [-0.2, 0) is 6.54 Å². The number of nitrogens with zero attached hydrogens (tertiary/aromatic N) is 5. The van der Waals surface area contributed by atoms with Gasteiger partial charge in [-0.1, -0.05) is 30.7 Å². The van der Waals surface area contributed by atoms with E-state index in [4.69, 9.17) is 0 Å². The molecule has 0 spiro atoms. The number of hydrogen-bond donors (Lipinski definition) is 1. The second-order valence-electron chi connectivity index (χ2n) is 8.61. The van der Waals surface area contributed by atoms with Gasteiger partial charge in [-0.15, -0.1) is 10.2 Å². The number of piperazine rings is 1. The van der Waals surface area contributed by atoms with E-state index in [-0.39, 0.29) is 0 Å². The minimum Gasteiger partial charge on any atom is -0.353 e. The summed E-state index contributed by atoms with van der Waals surface area (Å²) in [5.74, 6) is 1.01. The molecule has 0 atom stereocenters. The fourth-order valence-corrected chi connectivity index (χ4v) is 4.45. The average Bonchev–Trinajstić information content (AvgIpc) is 3.65. The van der Waals surface area contributed by atoms with Crippen molar-refractivity contribution in [1.29, 1.82) is 0 Å². The summed E-state index contributed by atoms with van der Waals surface area (Å²) >= 11 is 0. The number of hydrazine groups is 1. The van der Waals surface area contributed by atoms with Gasteiger partial charge in [-0.05, 0) is 43.4 Å². The first-order chi connectivity index (χ1) is 14.3. The Labute approximate surface area is 173 Å². The van der Waals surface area contributed by atoms with E-state index in [0.717, 1.165) is 68.9 Å². The number of hydrogen-bond acceptors (Lipinski definition) is 6. The van der Waals surface area contributed by atoms with Crippen molar-refractivity contribution in [2.45, 2.75) is 44.7 Å². The topological polar surface area (TPSA) is 47.5 Å². The van der Waals surface area contributed by atoms with Crippen molar-refractivity contribution in [2.75, 3.05) is 44.2 Å². The van der Waals surface area contributed by atoms with Crippen LogP contribution in [0.3, 0.4) is 0 Å². The molecule has 3 heterocycles. The summed E-state index contributed by atoms with van der Waals surface area (Å²) in [5.41, 5.74) is 6.93. The van der Waals surface area contributed by atoms with Gasteiger partial charge >= 0.3 is 0 Å². The van der Waals surface area contributed by atoms with Gasteiger partial charge in [0.2, 0.25) is 0 Å². The average molecular weight is 393 g/mol. The minimum absolute atomic E-state index is 0.864. The first kappa shape index (κ1) is 19.0. The highest BCUT2D eigenvalue weighted by atomic mass is 15.5. The predicted octanol–water partition coefficient (Wildman–Crippen LogP) is 2.92. The van der Waals surface area contributed by atoms with E-state index in [1.165, 1.54) is 37.7 Å². The third-order valence-corrected chi connectivity index (χ3v) is 6.46. The Balaban J connectivity index is 1.15. The van der Waals surface area contributed by atoms with E-state index in [0.29, 0.717) is 0 Å². The first-order valence-corrected chi connectivity index (χ1v) is 11.3. The molecular formula is C23H32N6. The third kappa shape index (κ3) is 4.77. The molecule has 0 unspecified atom stereocenters. The van der Waals surface area contributed by atoms with Crippen LogP contribution in [0.4, 0.5) is 5.82 Å². The molecule has 0 radical (unpaired) electrons. The van der Waals surface area contributed by atoms with E-state index in [2.05, 4.69) is 66.8 Å². The zero-order chi connectivity index (χ0) is 19.5. The number of benzene rings is 1. The van der Waals surface area contributed by atoms with Crippen LogP contribution in [-0.4, -0.2) is 65.4 Å². The van der Waals surface area contributed by atoms with Gasteiger partial charge in [0.25, 0.3) is 0 Å². The SMILES string of the molecule is c1cc(-c2ccc(N3CCN(C4CC4)CC3)nn2)ccc1CNN1CCCCC1. The molecule has 29 heavy (non-hydrogen) atoms. The maximum Gasteiger partial charge on any atom is 0.151 e. The summed E-state index contributed by atoms with van der Waals surface area (Å²) < 4.78 is 0. The van der Waals surface area contributed by atoms with Crippen molar-refractivity contribution in [3.05, 3.63) is 42.0 Å². The van der Waals surface area contributed by atoms with Crippen LogP contribution in [0.15, 0.2) is 36.4 Å². The van der Waals surface area contributed by atoms with Crippen LogP contribution in [0, 0.1) is 0 Å². The number of anilines is 1. The van der Waals surface area contributed by atoms with Gasteiger partial charge in [0.15, 0.2) is 5.82 Å². The van der Waals surface area contributed by atoms with Gasteiger partial charge in [0, 0.05) is 57.4 Å². The van der Waals surface area contributed by atoms with Crippen LogP contribution in [0.2, 0.25) is 0 Å². The Morgan fingerprint density at radius 1 is 0.793 bits per heavy atom. The van der Waals surface area contributed by atoms with Crippen LogP contribution >= 0.6 is 0 Å². The lowest BCUT2D eigenvalue weighted by atomic mass is 10.1. The largest absolute Gasteiger partial charge is 0.353 e. The lowest BCUT2D eigenvalue weighted by Crippen LogP contribution is -2.47. The van der Waals surface area contributed by atoms with E-state index in [1.807, 2.05) is 0 Å². The van der Waals surface area contributed by atoms with Crippen molar-refractivity contribution in [2.24, 2.45) is 0 Å². The van der Waals surface area contributed by atoms with Crippen molar-refractivity contribution in [3.63, 3.8) is 0 Å². The standard InChI is InChI=1S/C23H32N6/c1-2-12-29(13-3-1)24-18-19-4-6-20(7-5-19)22-10-11-23(26-25-22)28-16-14-27(15-17-28)21-8-9-21/h4-7,10-11,21,24H,1-3,8-9,12-18H2. The molecule has 1 N–H and O–H groups in total. The van der Waals surface area contributed by atoms with Gasteiger partial charge in [-0.2, -0.15) is 0 Å². The second kappa shape index (κ2) is 8.78. The molecule has 2 aromatic rings. The van der Waals surface area contributed by atoms with Crippen molar-refractivity contribution in [3.8, 4) is 11.3 Å². The minimum atomic E-state index is 0.864. The van der Waals surface area contributed by atoms with Gasteiger partial charge in [0.05, 0.1) is 5.69 Å². The summed E-state index contributed by atoms with van der Waals surface area (Å²) in [5, 5.41) is 11.4. The Morgan fingerprint density at radius 2 is 1.55 bits per heavy atom. The molecular weight excluding hydrogens is 360 g/mol. The lowest BCUT2D eigenvalue weighted by molar-refractivity contribution is 0.151. The quantitative estimate of drug-likeness (QED) is 0.816. The smallest absolute Gasteiger partial charge is 0.151 e. The molecule has 6 heteroatoms. The Bertz CT molecular complexity index is 772. The monoisotopic (exact) mass is 392 g/mol. The molecule has 154 valence electrons. The second-order valence-corrected chi connectivity index (χ2v) is 8.61. The zero-order valence-corrected chi connectivity index (χ0v) is 17.3. The molecule has 2 aliphatic heterocycles. The molecule has 1 aromatic carbocycles. The molecule has 0 bridgehead atoms. The van der Waals surface area contributed by atoms with E-state index in [1.54, 1.807) is 0 Å². The maximum absolute atomic E-state index is 4.52. The highest BCUT2D eigenvalue weighted by molar-refractivity contribution is 5.60. The van der Waals surface area contributed by atoms with Crippen molar-refractivity contribution in [1.82, 2.24) is 25.5 Å². The maximum atomic E-state index is 4.52. The number of piperidine rings is 1. The molecule has 6 nitrogen and oxygen atoms in total. The van der Waals surface area contributed by atoms with E-state index >= 15 is 0 Å². The fraction of sp³-hybridized carbons (Fsp3) is 0.565. The Kier molecular flexibility index (Phi) is 5.74. The van der Waals surface area contributed by atoms with Gasteiger partial charge in [0.1, 0.15) is 0 Å². The van der Waals surface area contributed by atoms with Crippen LogP contribution in [0.1, 0.15) is 37.7 Å². The fourth-order valence-electron chi connectivity index (χ4n) is 4.45. The summed E-state index contributed by atoms with van der Waals surface area (Å²) in [4.78, 5) is 4.99. The van der Waals surface area contributed by atoms with Gasteiger partial charge in [-0.25, -0.2) is 5.01 Å². The zero-order valence-electron chi connectivity index (χ0n) is 17.3. The normalized spacial score (nSPS) is 21.4. The highest BCUT2D eigenvalue weighted by Gasteiger charge is 2.31. The van der Waals surface area contributed by atoms with Gasteiger partial charge < -0.3 is 4.90 Å². The van der Waals surface area contributed by atoms with Crippen molar-refractivity contribution >= 4 is 5.82 Å². The summed E-state index contributed by atoms with van der Waals surface area (Å²) in [7, 11) is 0. The number of rotatable bonds is 6.